The minimum Gasteiger partial charge on any atom is -0.378 e. The number of pyridine rings is 2. The number of nitrogens with zero attached hydrogens (tertiary/aromatic N) is 4. The molecule has 0 atom stereocenters. The topological polar surface area (TPSA) is 93.4 Å². The molecule has 0 radical (unpaired) electrons. The maximum atomic E-state index is 11.0. The average molecular weight is 315 g/mol. The molecule has 3 heterocycles. The van der Waals surface area contributed by atoms with Crippen LogP contribution < -0.4 is 10.2 Å². The zero-order valence-electron chi connectivity index (χ0n) is 12.7. The van der Waals surface area contributed by atoms with Crippen molar-refractivity contribution in [3.8, 4) is 0 Å². The highest BCUT2D eigenvalue weighted by atomic mass is 16.6. The van der Waals surface area contributed by atoms with Crippen molar-refractivity contribution in [1.82, 2.24) is 9.97 Å². The summed E-state index contributed by atoms with van der Waals surface area (Å²) in [5.74, 6) is 1.09. The second-order valence-corrected chi connectivity index (χ2v) is 5.16. The summed E-state index contributed by atoms with van der Waals surface area (Å²) in [6, 6.07) is 6.72. The fourth-order valence-corrected chi connectivity index (χ4v) is 2.42. The zero-order chi connectivity index (χ0) is 16.2. The number of aryl methyl sites for hydroxylation is 1. The van der Waals surface area contributed by atoms with Crippen LogP contribution in [0.1, 0.15) is 5.69 Å². The fraction of sp³-hybridized carbons (Fsp3) is 0.333. The van der Waals surface area contributed by atoms with Gasteiger partial charge in [0.2, 0.25) is 5.82 Å². The van der Waals surface area contributed by atoms with Crippen LogP contribution in [0.3, 0.4) is 0 Å². The van der Waals surface area contributed by atoms with Gasteiger partial charge < -0.3 is 15.0 Å². The van der Waals surface area contributed by atoms with Gasteiger partial charge in [0.1, 0.15) is 5.82 Å². The highest BCUT2D eigenvalue weighted by Gasteiger charge is 2.17. The van der Waals surface area contributed by atoms with E-state index >= 15 is 0 Å². The molecule has 120 valence electrons. The van der Waals surface area contributed by atoms with Gasteiger partial charge in [0, 0.05) is 25.4 Å². The number of rotatable bonds is 4. The van der Waals surface area contributed by atoms with Crippen molar-refractivity contribution in [1.29, 1.82) is 0 Å². The third kappa shape index (κ3) is 3.37. The Morgan fingerprint density at radius 3 is 2.78 bits per heavy atom. The number of hydrogen-bond donors (Lipinski definition) is 1. The molecule has 1 saturated heterocycles. The monoisotopic (exact) mass is 315 g/mol. The molecule has 1 aliphatic rings. The van der Waals surface area contributed by atoms with E-state index in [1.165, 1.54) is 18.3 Å². The molecular formula is C15H17N5O3. The molecule has 0 unspecified atom stereocenters. The van der Waals surface area contributed by atoms with E-state index in [9.17, 15) is 10.1 Å². The quantitative estimate of drug-likeness (QED) is 0.683. The number of nitro groups is 1. The molecule has 0 amide bonds. The molecule has 8 nitrogen and oxygen atoms in total. The van der Waals surface area contributed by atoms with Gasteiger partial charge in [-0.05, 0) is 25.1 Å². The van der Waals surface area contributed by atoms with Crippen LogP contribution in [0.2, 0.25) is 0 Å². The van der Waals surface area contributed by atoms with Gasteiger partial charge in [-0.3, -0.25) is 10.1 Å². The summed E-state index contributed by atoms with van der Waals surface area (Å²) in [5.41, 5.74) is 1.39. The fourth-order valence-electron chi connectivity index (χ4n) is 2.42. The summed E-state index contributed by atoms with van der Waals surface area (Å²) in [6.45, 7) is 4.87. The van der Waals surface area contributed by atoms with Crippen LogP contribution >= 0.6 is 0 Å². The van der Waals surface area contributed by atoms with Gasteiger partial charge in [0.25, 0.3) is 0 Å². The van der Waals surface area contributed by atoms with Crippen LogP contribution in [0.15, 0.2) is 30.5 Å². The van der Waals surface area contributed by atoms with Gasteiger partial charge in [-0.2, -0.15) is 0 Å². The SMILES string of the molecule is Cc1nc(N2CCOCC2)ccc1Nc1ncccc1[N+](=O)[O-]. The minimum atomic E-state index is -0.458. The van der Waals surface area contributed by atoms with Crippen molar-refractivity contribution >= 4 is 23.0 Å². The Morgan fingerprint density at radius 2 is 2.09 bits per heavy atom. The lowest BCUT2D eigenvalue weighted by molar-refractivity contribution is -0.384. The number of anilines is 3. The van der Waals surface area contributed by atoms with Crippen LogP contribution in [0.25, 0.3) is 0 Å². The Bertz CT molecular complexity index is 716. The Kier molecular flexibility index (Phi) is 4.33. The Morgan fingerprint density at radius 1 is 1.30 bits per heavy atom. The van der Waals surface area contributed by atoms with Crippen molar-refractivity contribution in [3.63, 3.8) is 0 Å². The van der Waals surface area contributed by atoms with Gasteiger partial charge in [0.05, 0.1) is 29.5 Å². The summed E-state index contributed by atoms with van der Waals surface area (Å²) >= 11 is 0. The zero-order valence-corrected chi connectivity index (χ0v) is 12.7. The molecule has 0 aliphatic carbocycles. The van der Waals surface area contributed by atoms with Crippen molar-refractivity contribution in [2.45, 2.75) is 6.92 Å². The lowest BCUT2D eigenvalue weighted by Crippen LogP contribution is -2.36. The van der Waals surface area contributed by atoms with Crippen LogP contribution in [-0.2, 0) is 4.74 Å². The number of ether oxygens (including phenoxy) is 1. The van der Waals surface area contributed by atoms with Crippen molar-refractivity contribution in [2.24, 2.45) is 0 Å². The first-order valence-corrected chi connectivity index (χ1v) is 7.32. The average Bonchev–Trinajstić information content (AvgIpc) is 2.58. The maximum Gasteiger partial charge on any atom is 0.311 e. The van der Waals surface area contributed by atoms with E-state index in [1.807, 2.05) is 19.1 Å². The molecule has 3 rings (SSSR count). The Labute approximate surface area is 133 Å². The van der Waals surface area contributed by atoms with E-state index in [1.54, 1.807) is 0 Å². The van der Waals surface area contributed by atoms with Crippen molar-refractivity contribution < 1.29 is 9.66 Å². The number of nitrogens with one attached hydrogen (secondary N) is 1. The number of morpholine rings is 1. The van der Waals surface area contributed by atoms with E-state index < -0.39 is 4.92 Å². The van der Waals surface area contributed by atoms with Crippen LogP contribution in [0.4, 0.5) is 23.0 Å². The summed E-state index contributed by atoms with van der Waals surface area (Å²) in [6.07, 6.45) is 1.51. The maximum absolute atomic E-state index is 11.0. The normalized spacial score (nSPS) is 14.6. The second-order valence-electron chi connectivity index (χ2n) is 5.16. The van der Waals surface area contributed by atoms with Crippen LogP contribution in [0, 0.1) is 17.0 Å². The molecule has 2 aromatic rings. The lowest BCUT2D eigenvalue weighted by Gasteiger charge is -2.28. The lowest BCUT2D eigenvalue weighted by atomic mass is 10.2. The van der Waals surface area contributed by atoms with E-state index in [0.29, 0.717) is 18.9 Å². The molecule has 0 saturated carbocycles. The summed E-state index contributed by atoms with van der Waals surface area (Å²) in [4.78, 5) is 21.4. The largest absolute Gasteiger partial charge is 0.378 e. The predicted molar refractivity (Wildman–Crippen MR) is 86.2 cm³/mol. The van der Waals surface area contributed by atoms with E-state index in [-0.39, 0.29) is 11.5 Å². The van der Waals surface area contributed by atoms with Gasteiger partial charge >= 0.3 is 5.69 Å². The minimum absolute atomic E-state index is 0.0656. The molecule has 0 spiro atoms. The third-order valence-electron chi connectivity index (χ3n) is 3.64. The molecule has 8 heteroatoms. The smallest absolute Gasteiger partial charge is 0.311 e. The molecule has 1 aliphatic heterocycles. The first kappa shape index (κ1) is 15.2. The van der Waals surface area contributed by atoms with Crippen molar-refractivity contribution in [2.75, 3.05) is 36.5 Å². The van der Waals surface area contributed by atoms with E-state index in [4.69, 9.17) is 4.74 Å². The van der Waals surface area contributed by atoms with Crippen LogP contribution in [-0.4, -0.2) is 41.2 Å². The molecule has 1 N–H and O–H groups in total. The molecule has 0 aromatic carbocycles. The summed E-state index contributed by atoms with van der Waals surface area (Å²) in [7, 11) is 0. The number of hydrogen-bond acceptors (Lipinski definition) is 7. The predicted octanol–water partition coefficient (Wildman–Crippen LogP) is 2.27. The standard InChI is InChI=1S/C15H17N5O3/c1-11-12(18-15-13(20(21)22)3-2-6-16-15)4-5-14(17-11)19-7-9-23-10-8-19/h2-6H,7-10H2,1H3,(H,16,18). The van der Waals surface area contributed by atoms with E-state index in [0.717, 1.165) is 24.6 Å². The van der Waals surface area contributed by atoms with Crippen LogP contribution in [0.5, 0.6) is 0 Å². The van der Waals surface area contributed by atoms with Gasteiger partial charge in [-0.1, -0.05) is 0 Å². The molecule has 2 aromatic heterocycles. The Balaban J connectivity index is 1.83. The summed E-state index contributed by atoms with van der Waals surface area (Å²) in [5, 5.41) is 14.0. The molecular weight excluding hydrogens is 298 g/mol. The first-order valence-electron chi connectivity index (χ1n) is 7.32. The molecule has 23 heavy (non-hydrogen) atoms. The molecule has 0 bridgehead atoms. The van der Waals surface area contributed by atoms with Gasteiger partial charge in [-0.15, -0.1) is 0 Å². The third-order valence-corrected chi connectivity index (χ3v) is 3.64. The Hall–Kier alpha value is -2.74. The highest BCUT2D eigenvalue weighted by Crippen LogP contribution is 2.27. The molecule has 1 fully saturated rings. The second kappa shape index (κ2) is 6.57. The first-order chi connectivity index (χ1) is 11.1. The number of aromatic nitrogens is 2. The van der Waals surface area contributed by atoms with Crippen molar-refractivity contribution in [3.05, 3.63) is 46.3 Å². The highest BCUT2D eigenvalue weighted by molar-refractivity contribution is 5.67. The van der Waals surface area contributed by atoms with Gasteiger partial charge in [0.15, 0.2) is 0 Å². The van der Waals surface area contributed by atoms with E-state index in [2.05, 4.69) is 20.2 Å². The summed E-state index contributed by atoms with van der Waals surface area (Å²) < 4.78 is 5.34. The van der Waals surface area contributed by atoms with Gasteiger partial charge in [-0.25, -0.2) is 9.97 Å².